The quantitative estimate of drug-likeness (QED) is 0.0791. The van der Waals surface area contributed by atoms with Gasteiger partial charge in [-0.25, -0.2) is 4.79 Å². The van der Waals surface area contributed by atoms with E-state index < -0.39 is 64.1 Å². The number of aromatic amines is 1. The minimum atomic E-state index is -2.34. The number of ether oxygens (including phenoxy) is 4. The van der Waals surface area contributed by atoms with Crippen molar-refractivity contribution in [1.82, 2.24) is 14.8 Å². The molecule has 5 heterocycles. The number of hydrogen-bond donors (Lipinski definition) is 4. The predicted molar refractivity (Wildman–Crippen MR) is 257 cm³/mol. The molecule has 9 rings (SSSR count). The number of H-pyrrole nitrogens is 1. The zero-order chi connectivity index (χ0) is 48.4. The van der Waals surface area contributed by atoms with Crippen LogP contribution < -0.4 is 9.64 Å². The van der Waals surface area contributed by atoms with Gasteiger partial charge in [-0.05, 0) is 86.2 Å². The summed E-state index contributed by atoms with van der Waals surface area (Å²) in [5, 5.41) is 36.9. The van der Waals surface area contributed by atoms with Gasteiger partial charge in [0.2, 0.25) is 5.60 Å². The molecule has 1 saturated heterocycles. The molecular formula is C54H68N4O10. The molecule has 9 atom stereocenters. The fourth-order valence-electron chi connectivity index (χ4n) is 14.0. The van der Waals surface area contributed by atoms with Gasteiger partial charge in [0.05, 0.1) is 39.6 Å². The third-order valence-corrected chi connectivity index (χ3v) is 17.0. The third kappa shape index (κ3) is 7.02. The Bertz CT molecular complexity index is 2590. The summed E-state index contributed by atoms with van der Waals surface area (Å²) >= 11 is 0. The number of rotatable bonds is 12. The fraction of sp³-hybridized carbons (Fsp3) is 0.537. The number of methoxy groups -OCH3 is 3. The van der Waals surface area contributed by atoms with Crippen LogP contribution in [-0.4, -0.2) is 139 Å². The largest absolute Gasteiger partial charge is 0.496 e. The first kappa shape index (κ1) is 47.8. The lowest BCUT2D eigenvalue weighted by atomic mass is 9.47. The normalized spacial score (nSPS) is 30.9. The minimum Gasteiger partial charge on any atom is -0.496 e. The molecule has 4 N–H and O–H groups in total. The molecule has 1 spiro atoms. The van der Waals surface area contributed by atoms with Crippen LogP contribution in [0, 0.1) is 11.3 Å². The summed E-state index contributed by atoms with van der Waals surface area (Å²) in [5.74, 6) is -1.76. The van der Waals surface area contributed by atoms with Crippen LogP contribution in [0.5, 0.6) is 5.75 Å². The summed E-state index contributed by atoms with van der Waals surface area (Å²) in [6.07, 6.45) is 5.70. The van der Waals surface area contributed by atoms with Gasteiger partial charge in [0.25, 0.3) is 0 Å². The number of carbonyl (C=O) groups is 3. The number of nitrogens with zero attached hydrogens (tertiary/aromatic N) is 3. The van der Waals surface area contributed by atoms with E-state index in [1.54, 1.807) is 7.11 Å². The van der Waals surface area contributed by atoms with Crippen LogP contribution in [0.4, 0.5) is 5.69 Å². The first-order valence-electron chi connectivity index (χ1n) is 24.3. The molecule has 2 fully saturated rings. The molecule has 5 aliphatic rings. The number of fused-ring (bicyclic) bond motifs is 4. The number of likely N-dealkylation sites (N-methyl/N-ethyl adjacent to an activating group) is 1. The molecule has 3 aromatic carbocycles. The van der Waals surface area contributed by atoms with E-state index in [9.17, 15) is 24.9 Å². The molecule has 1 aromatic heterocycles. The molecule has 4 aromatic rings. The lowest BCUT2D eigenvalue weighted by Crippen LogP contribution is -2.81. The number of aliphatic hydroxyl groups excluding tert-OH is 1. The van der Waals surface area contributed by atoms with Crippen molar-refractivity contribution in [2.45, 2.75) is 112 Å². The van der Waals surface area contributed by atoms with Crippen molar-refractivity contribution in [2.75, 3.05) is 66.1 Å². The lowest BCUT2D eigenvalue weighted by molar-refractivity contribution is -0.228. The van der Waals surface area contributed by atoms with Gasteiger partial charge in [-0.1, -0.05) is 74.5 Å². The maximum absolute atomic E-state index is 15.6. The van der Waals surface area contributed by atoms with Crippen LogP contribution in [0.3, 0.4) is 0 Å². The average molecular weight is 933 g/mol. The van der Waals surface area contributed by atoms with E-state index in [2.05, 4.69) is 39.0 Å². The zero-order valence-electron chi connectivity index (χ0n) is 40.5. The Balaban J connectivity index is 1.31. The molecule has 0 bridgehead atoms. The van der Waals surface area contributed by atoms with Crippen LogP contribution in [-0.2, 0) is 52.4 Å². The summed E-state index contributed by atoms with van der Waals surface area (Å²) < 4.78 is 24.1. The molecule has 0 amide bonds. The van der Waals surface area contributed by atoms with Gasteiger partial charge in [0, 0.05) is 90.9 Å². The average Bonchev–Trinajstić information content (AvgIpc) is 4.01. The van der Waals surface area contributed by atoms with E-state index in [0.717, 1.165) is 27.6 Å². The Morgan fingerprint density at radius 1 is 0.926 bits per heavy atom. The summed E-state index contributed by atoms with van der Waals surface area (Å²) in [5.41, 5.74) is -1.33. The van der Waals surface area contributed by atoms with Gasteiger partial charge < -0.3 is 44.2 Å². The highest BCUT2D eigenvalue weighted by Crippen LogP contribution is 2.68. The van der Waals surface area contributed by atoms with Crippen LogP contribution in [0.15, 0.2) is 78.9 Å². The van der Waals surface area contributed by atoms with Crippen LogP contribution in [0.1, 0.15) is 87.2 Å². The van der Waals surface area contributed by atoms with Crippen molar-refractivity contribution in [3.05, 3.63) is 107 Å². The SMILES string of the molecule is CC[C@](O)(CO)C[C@H]1CC[C@](C(=O)OC)(c2cc3c(cc2OC)N(C)[C@H]2[C@@](O)(C(=O)OC)[C@H](OC(C)=O)[C@]4(CC)C=CCN5CC[C@]32[C@@H]54)c2[nH]c3ccccc3c2CCN(Cc2ccccc2)C1. The predicted octanol–water partition coefficient (Wildman–Crippen LogP) is 5.56. The van der Waals surface area contributed by atoms with Crippen molar-refractivity contribution < 1.29 is 48.7 Å². The van der Waals surface area contributed by atoms with E-state index in [4.69, 9.17) is 18.9 Å². The van der Waals surface area contributed by atoms with Gasteiger partial charge in [-0.3, -0.25) is 19.4 Å². The molecule has 1 aliphatic carbocycles. The third-order valence-electron chi connectivity index (χ3n) is 17.0. The Morgan fingerprint density at radius 2 is 1.66 bits per heavy atom. The van der Waals surface area contributed by atoms with Crippen LogP contribution >= 0.6 is 0 Å². The number of anilines is 1. The summed E-state index contributed by atoms with van der Waals surface area (Å²) in [6.45, 7) is 7.96. The van der Waals surface area contributed by atoms with Gasteiger partial charge in [-0.2, -0.15) is 0 Å². The fourth-order valence-corrected chi connectivity index (χ4v) is 14.0. The Morgan fingerprint density at radius 3 is 2.34 bits per heavy atom. The van der Waals surface area contributed by atoms with E-state index in [1.807, 2.05) is 80.4 Å². The molecule has 14 nitrogen and oxygen atoms in total. The van der Waals surface area contributed by atoms with Crippen LogP contribution in [0.2, 0.25) is 0 Å². The van der Waals surface area contributed by atoms with Crippen molar-refractivity contribution in [2.24, 2.45) is 11.3 Å². The summed E-state index contributed by atoms with van der Waals surface area (Å²) in [7, 11) is 6.10. The molecule has 4 aliphatic heterocycles. The molecule has 1 saturated carbocycles. The molecule has 14 heteroatoms. The first-order valence-corrected chi connectivity index (χ1v) is 24.3. The van der Waals surface area contributed by atoms with Gasteiger partial charge in [0.15, 0.2) is 6.10 Å². The minimum absolute atomic E-state index is 0.172. The number of hydrogen-bond acceptors (Lipinski definition) is 13. The van der Waals surface area contributed by atoms with Gasteiger partial charge >= 0.3 is 17.9 Å². The van der Waals surface area contributed by atoms with E-state index in [-0.39, 0.29) is 18.4 Å². The Kier molecular flexibility index (Phi) is 12.6. The smallest absolute Gasteiger partial charge is 0.344 e. The summed E-state index contributed by atoms with van der Waals surface area (Å²) in [4.78, 5) is 53.8. The highest BCUT2D eigenvalue weighted by atomic mass is 16.6. The van der Waals surface area contributed by atoms with Gasteiger partial charge in [0.1, 0.15) is 11.2 Å². The lowest BCUT2D eigenvalue weighted by Gasteiger charge is -2.63. The molecule has 68 heavy (non-hydrogen) atoms. The van der Waals surface area contributed by atoms with Crippen molar-refractivity contribution >= 4 is 34.5 Å². The highest BCUT2D eigenvalue weighted by molar-refractivity contribution is 5.95. The number of aliphatic hydroxyl groups is 3. The molecule has 0 unspecified atom stereocenters. The summed E-state index contributed by atoms with van der Waals surface area (Å²) in [6, 6.07) is 21.1. The second kappa shape index (κ2) is 17.9. The van der Waals surface area contributed by atoms with Crippen molar-refractivity contribution in [3.8, 4) is 5.75 Å². The monoisotopic (exact) mass is 932 g/mol. The Labute approximate surface area is 399 Å². The molecule has 364 valence electrons. The number of benzene rings is 3. The van der Waals surface area contributed by atoms with E-state index in [1.165, 1.54) is 21.1 Å². The Hall–Kier alpha value is -5.25. The number of para-hydroxylation sites is 1. The first-order chi connectivity index (χ1) is 32.7. The van der Waals surface area contributed by atoms with Crippen molar-refractivity contribution in [3.63, 3.8) is 0 Å². The number of carbonyl (C=O) groups excluding carboxylic acids is 3. The standard InChI is InChI=1S/C54H68N4O10/c1-8-50(63,33-59)30-36-20-23-52(48(61)66-6,44-38(37-18-13-14-19-41(37)55-44)21-26-57(32-36)31-35-16-11-10-12-17-35)40-28-39-42(29-43(40)65-5)56(4)46-53(39)24-27-58-25-15-22-51(9-2,45(53)58)47(68-34(3)60)54(46,64)49(62)67-7/h10-19,22,28-29,36,45-47,55,59,63-64H,8-9,20-21,23-27,30-33H2,1-7H3/t36-,45+,46-,47-,50-,51-,52+,53-,54+/m1/s1. The topological polar surface area (TPSA) is 174 Å². The maximum atomic E-state index is 15.6. The van der Waals surface area contributed by atoms with E-state index >= 15 is 4.79 Å². The second-order valence-corrected chi connectivity index (χ2v) is 20.2. The highest BCUT2D eigenvalue weighted by Gasteiger charge is 2.80. The molecular weight excluding hydrogens is 865 g/mol. The van der Waals surface area contributed by atoms with Crippen molar-refractivity contribution in [1.29, 1.82) is 0 Å². The van der Waals surface area contributed by atoms with Gasteiger partial charge in [-0.15, -0.1) is 0 Å². The van der Waals surface area contributed by atoms with Crippen LogP contribution in [0.25, 0.3) is 10.9 Å². The number of aromatic nitrogens is 1. The molecule has 0 radical (unpaired) electrons. The second-order valence-electron chi connectivity index (χ2n) is 20.2. The zero-order valence-corrected chi connectivity index (χ0v) is 40.5. The maximum Gasteiger partial charge on any atom is 0.344 e. The number of esters is 3. The number of nitrogens with one attached hydrogen (secondary N) is 1. The van der Waals surface area contributed by atoms with E-state index in [0.29, 0.717) is 93.9 Å².